The predicted octanol–water partition coefficient (Wildman–Crippen LogP) is 3.74. The fourth-order valence-electron chi connectivity index (χ4n) is 3.81. The van der Waals surface area contributed by atoms with Crippen LogP contribution < -0.4 is 5.32 Å². The van der Waals surface area contributed by atoms with E-state index in [1.54, 1.807) is 0 Å². The molecule has 1 heterocycles. The van der Waals surface area contributed by atoms with Crippen molar-refractivity contribution in [3.8, 4) is 6.07 Å². The molecule has 0 fully saturated rings. The molecule has 0 saturated carbocycles. The number of benzene rings is 2. The first kappa shape index (κ1) is 16.4. The molecule has 6 heteroatoms. The van der Waals surface area contributed by atoms with Crippen LogP contribution in [0.15, 0.2) is 54.9 Å². The van der Waals surface area contributed by atoms with Gasteiger partial charge in [0.1, 0.15) is 6.33 Å². The van der Waals surface area contributed by atoms with Gasteiger partial charge < -0.3 is 5.32 Å². The molecule has 2 unspecified atom stereocenters. The fraction of sp³-hybridized carbons (Fsp3) is 0.200. The summed E-state index contributed by atoms with van der Waals surface area (Å²) in [4.78, 5) is 17.3. The predicted molar refractivity (Wildman–Crippen MR) is 99.8 cm³/mol. The lowest BCUT2D eigenvalue weighted by atomic mass is 9.73. The van der Waals surface area contributed by atoms with Gasteiger partial charge in [0.25, 0.3) is 0 Å². The van der Waals surface area contributed by atoms with E-state index in [4.69, 9.17) is 0 Å². The molecule has 128 valence electrons. The molecule has 0 spiro atoms. The zero-order valence-corrected chi connectivity index (χ0v) is 15.0. The van der Waals surface area contributed by atoms with E-state index in [1.807, 2.05) is 55.5 Å². The topological polar surface area (TPSA) is 78.7 Å². The van der Waals surface area contributed by atoms with Gasteiger partial charge in [-0.25, -0.2) is 4.98 Å². The maximum absolute atomic E-state index is 13.2. The van der Waals surface area contributed by atoms with Crippen LogP contribution in [0.5, 0.6) is 0 Å². The highest BCUT2D eigenvalue weighted by Gasteiger charge is 2.49. The molecule has 4 rings (SSSR count). The van der Waals surface area contributed by atoms with E-state index in [2.05, 4.69) is 20.7 Å². The third-order valence-corrected chi connectivity index (χ3v) is 5.59. The number of hydrogen-bond donors (Lipinski definition) is 1. The molecule has 3 aromatic rings. The van der Waals surface area contributed by atoms with Gasteiger partial charge in [0.05, 0.1) is 17.0 Å². The number of carbonyl (C=O) groups is 1. The first-order valence-electron chi connectivity index (χ1n) is 8.28. The fourth-order valence-corrected chi connectivity index (χ4v) is 4.23. The van der Waals surface area contributed by atoms with Crippen molar-refractivity contribution >= 4 is 22.6 Å². The molecule has 2 aromatic carbocycles. The molecule has 0 aliphatic heterocycles. The molecule has 1 amide bonds. The summed E-state index contributed by atoms with van der Waals surface area (Å²) >= 11 is 1.16. The van der Waals surface area contributed by atoms with Crippen LogP contribution in [0, 0.1) is 16.7 Å². The van der Waals surface area contributed by atoms with Gasteiger partial charge in [0.2, 0.25) is 11.0 Å². The Labute approximate surface area is 155 Å². The molecule has 0 bridgehead atoms. The first-order chi connectivity index (χ1) is 12.6. The minimum atomic E-state index is -0.677. The zero-order chi connectivity index (χ0) is 18.1. The van der Waals surface area contributed by atoms with Crippen LogP contribution in [-0.2, 0) is 11.2 Å². The molecule has 0 radical (unpaired) electrons. The molecule has 5 nitrogen and oxygen atoms in total. The minimum absolute atomic E-state index is 0.0854. The van der Waals surface area contributed by atoms with E-state index in [0.29, 0.717) is 17.1 Å². The zero-order valence-electron chi connectivity index (χ0n) is 14.1. The standard InChI is InChI=1S/C20H16N4OS/c1-20(18(25)24-19-22-12-23-26-19)10-15-8-7-13(11-21)9-16(15)17(20)14-5-3-2-4-6-14/h2-9,12,17H,10H2,1H3,(H,22,23,24,25). The highest BCUT2D eigenvalue weighted by molar-refractivity contribution is 7.09. The lowest BCUT2D eigenvalue weighted by Crippen LogP contribution is -2.37. The Bertz CT molecular complexity index is 994. The summed E-state index contributed by atoms with van der Waals surface area (Å²) in [5, 5.41) is 12.7. The summed E-state index contributed by atoms with van der Waals surface area (Å²) in [7, 11) is 0. The number of fused-ring (bicyclic) bond motifs is 1. The molecule has 1 aromatic heterocycles. The molecular weight excluding hydrogens is 344 g/mol. The van der Waals surface area contributed by atoms with Crippen LogP contribution in [0.2, 0.25) is 0 Å². The number of nitrogens with one attached hydrogen (secondary N) is 1. The first-order valence-corrected chi connectivity index (χ1v) is 9.05. The Kier molecular flexibility index (Phi) is 4.02. The average molecular weight is 360 g/mol. The largest absolute Gasteiger partial charge is 0.300 e. The molecule has 1 aliphatic rings. The summed E-state index contributed by atoms with van der Waals surface area (Å²) in [6.45, 7) is 1.98. The second-order valence-electron chi connectivity index (χ2n) is 6.66. The Morgan fingerprint density at radius 1 is 1.31 bits per heavy atom. The Morgan fingerprint density at radius 3 is 2.81 bits per heavy atom. The lowest BCUT2D eigenvalue weighted by Gasteiger charge is -2.30. The number of anilines is 1. The number of nitriles is 1. The maximum atomic E-state index is 13.2. The smallest absolute Gasteiger partial charge is 0.233 e. The summed E-state index contributed by atoms with van der Waals surface area (Å²) < 4.78 is 3.94. The quantitative estimate of drug-likeness (QED) is 0.772. The van der Waals surface area contributed by atoms with Gasteiger partial charge in [0, 0.05) is 17.5 Å². The lowest BCUT2D eigenvalue weighted by molar-refractivity contribution is -0.125. The van der Waals surface area contributed by atoms with Gasteiger partial charge in [-0.2, -0.15) is 9.64 Å². The molecule has 1 N–H and O–H groups in total. The van der Waals surface area contributed by atoms with Gasteiger partial charge >= 0.3 is 0 Å². The maximum Gasteiger partial charge on any atom is 0.233 e. The second-order valence-corrected chi connectivity index (χ2v) is 7.44. The van der Waals surface area contributed by atoms with Crippen molar-refractivity contribution in [2.24, 2.45) is 5.41 Å². The summed E-state index contributed by atoms with van der Waals surface area (Å²) in [5.74, 6) is -0.210. The van der Waals surface area contributed by atoms with E-state index in [1.165, 1.54) is 6.33 Å². The van der Waals surface area contributed by atoms with E-state index in [9.17, 15) is 10.1 Å². The Balaban J connectivity index is 1.81. The number of hydrogen-bond acceptors (Lipinski definition) is 5. The van der Waals surface area contributed by atoms with Gasteiger partial charge in [-0.15, -0.1) is 0 Å². The molecule has 26 heavy (non-hydrogen) atoms. The number of amides is 1. The highest BCUT2D eigenvalue weighted by atomic mass is 32.1. The summed E-state index contributed by atoms with van der Waals surface area (Å²) in [6.07, 6.45) is 2.04. The van der Waals surface area contributed by atoms with Crippen LogP contribution in [0.4, 0.5) is 5.13 Å². The van der Waals surface area contributed by atoms with Crippen molar-refractivity contribution in [2.75, 3.05) is 5.32 Å². The van der Waals surface area contributed by atoms with E-state index < -0.39 is 5.41 Å². The highest BCUT2D eigenvalue weighted by Crippen LogP contribution is 2.51. The van der Waals surface area contributed by atoms with Crippen molar-refractivity contribution in [2.45, 2.75) is 19.3 Å². The normalized spacial score (nSPS) is 21.0. The molecule has 1 aliphatic carbocycles. The number of rotatable bonds is 3. The van der Waals surface area contributed by atoms with Gasteiger partial charge in [-0.05, 0) is 42.2 Å². The third kappa shape index (κ3) is 2.67. The number of aromatic nitrogens is 2. The van der Waals surface area contributed by atoms with Crippen molar-refractivity contribution < 1.29 is 4.79 Å². The van der Waals surface area contributed by atoms with Crippen LogP contribution >= 0.6 is 11.5 Å². The SMILES string of the molecule is CC1(C(=O)Nc2ncns2)Cc2ccc(C#N)cc2C1c1ccccc1. The summed E-state index contributed by atoms with van der Waals surface area (Å²) in [5.41, 5.74) is 3.15. The number of carbonyl (C=O) groups excluding carboxylic acids is 1. The van der Waals surface area contributed by atoms with Crippen molar-refractivity contribution in [1.82, 2.24) is 9.36 Å². The van der Waals surface area contributed by atoms with Gasteiger partial charge in [-0.3, -0.25) is 4.79 Å². The molecule has 0 saturated heterocycles. The second kappa shape index (κ2) is 6.36. The third-order valence-electron chi connectivity index (χ3n) is 5.01. The van der Waals surface area contributed by atoms with Gasteiger partial charge in [-0.1, -0.05) is 36.4 Å². The monoisotopic (exact) mass is 360 g/mol. The Morgan fingerprint density at radius 2 is 2.12 bits per heavy atom. The number of nitrogens with zero attached hydrogens (tertiary/aromatic N) is 3. The van der Waals surface area contributed by atoms with Crippen LogP contribution in [0.3, 0.4) is 0 Å². The van der Waals surface area contributed by atoms with Crippen molar-refractivity contribution in [3.05, 3.63) is 77.1 Å². The van der Waals surface area contributed by atoms with E-state index >= 15 is 0 Å². The van der Waals surface area contributed by atoms with E-state index in [0.717, 1.165) is 28.2 Å². The molecular formula is C20H16N4OS. The van der Waals surface area contributed by atoms with E-state index in [-0.39, 0.29) is 11.8 Å². The minimum Gasteiger partial charge on any atom is -0.300 e. The van der Waals surface area contributed by atoms with Gasteiger partial charge in [0.15, 0.2) is 0 Å². The van der Waals surface area contributed by atoms with Crippen LogP contribution in [-0.4, -0.2) is 15.3 Å². The van der Waals surface area contributed by atoms with Crippen molar-refractivity contribution in [3.63, 3.8) is 0 Å². The molecule has 2 atom stereocenters. The van der Waals surface area contributed by atoms with Crippen molar-refractivity contribution in [1.29, 1.82) is 5.26 Å². The Hall–Kier alpha value is -3.04. The van der Waals surface area contributed by atoms with Crippen LogP contribution in [0.1, 0.15) is 35.1 Å². The average Bonchev–Trinajstić information content (AvgIpc) is 3.27. The summed E-state index contributed by atoms with van der Waals surface area (Å²) in [6, 6.07) is 17.9. The van der Waals surface area contributed by atoms with Crippen LogP contribution in [0.25, 0.3) is 0 Å².